The molecule has 29 heavy (non-hydrogen) atoms. The van der Waals surface area contributed by atoms with Crippen LogP contribution >= 0.6 is 0 Å². The Labute approximate surface area is 165 Å². The van der Waals surface area contributed by atoms with Gasteiger partial charge in [-0.2, -0.15) is 0 Å². The van der Waals surface area contributed by atoms with Crippen molar-refractivity contribution in [2.75, 3.05) is 0 Å². The molecular formula is C18H16BN5O5. The second-order valence-electron chi connectivity index (χ2n) is 6.50. The van der Waals surface area contributed by atoms with Crippen LogP contribution < -0.4 is 9.97 Å². The number of para-hydroxylation sites is 1. The molecule has 0 saturated heterocycles. The summed E-state index contributed by atoms with van der Waals surface area (Å²) in [4.78, 5) is 27.9. The summed E-state index contributed by atoms with van der Waals surface area (Å²) in [7, 11) is -1.37. The third kappa shape index (κ3) is 3.94. The number of carboxylic acids is 1. The maximum Gasteiger partial charge on any atom is 0.547 e. The Morgan fingerprint density at radius 3 is 2.86 bits per heavy atom. The van der Waals surface area contributed by atoms with Crippen LogP contribution in [0.5, 0.6) is 5.75 Å². The van der Waals surface area contributed by atoms with Gasteiger partial charge in [0.2, 0.25) is 5.91 Å². The number of nitrogens with one attached hydrogen (secondary N) is 1. The number of carbonyl (C=O) groups excluding carboxylic acids is 1. The van der Waals surface area contributed by atoms with Crippen molar-refractivity contribution < 1.29 is 24.4 Å². The van der Waals surface area contributed by atoms with Gasteiger partial charge >= 0.3 is 13.1 Å². The summed E-state index contributed by atoms with van der Waals surface area (Å²) in [6.07, 6.45) is 3.48. The molecule has 4 rings (SSSR count). The van der Waals surface area contributed by atoms with Crippen molar-refractivity contribution in [2.45, 2.75) is 18.9 Å². The smallest absolute Gasteiger partial charge is 0.534 e. The molecule has 1 atom stereocenters. The molecule has 11 heteroatoms. The largest absolute Gasteiger partial charge is 0.547 e. The van der Waals surface area contributed by atoms with Crippen LogP contribution in [-0.4, -0.2) is 55.0 Å². The molecule has 3 N–H and O–H groups in total. The minimum Gasteiger partial charge on any atom is -0.534 e. The number of nitrogens with zero attached hydrogens (tertiary/aromatic N) is 4. The first-order chi connectivity index (χ1) is 14.0. The van der Waals surface area contributed by atoms with E-state index in [0.717, 1.165) is 0 Å². The highest BCUT2D eigenvalue weighted by atomic mass is 16.5. The Morgan fingerprint density at radius 2 is 2.10 bits per heavy atom. The van der Waals surface area contributed by atoms with Gasteiger partial charge in [-0.05, 0) is 30.2 Å². The molecule has 1 aromatic carbocycles. The number of rotatable bonds is 5. The molecule has 146 valence electrons. The third-order valence-electron chi connectivity index (χ3n) is 4.47. The average Bonchev–Trinajstić information content (AvgIpc) is 3.17. The van der Waals surface area contributed by atoms with Crippen molar-refractivity contribution in [3.8, 4) is 17.1 Å². The van der Waals surface area contributed by atoms with Gasteiger partial charge in [-0.25, -0.2) is 9.48 Å². The predicted molar refractivity (Wildman–Crippen MR) is 101 cm³/mol. The Hall–Kier alpha value is -3.73. The van der Waals surface area contributed by atoms with Crippen LogP contribution in [0.2, 0.25) is 0 Å². The van der Waals surface area contributed by atoms with Gasteiger partial charge in [-0.1, -0.05) is 23.4 Å². The van der Waals surface area contributed by atoms with E-state index in [0.29, 0.717) is 17.0 Å². The first-order valence-corrected chi connectivity index (χ1v) is 8.82. The highest BCUT2D eigenvalue weighted by Crippen LogP contribution is 2.30. The molecule has 0 radical (unpaired) electrons. The number of amides is 1. The van der Waals surface area contributed by atoms with Gasteiger partial charge in [0.25, 0.3) is 0 Å². The SMILES string of the molecule is O=C(Cn1cc(-c2ccccn2)nn1)N[C@H]1Cc2cccc(C(=O)O)c2OB1O. The lowest BCUT2D eigenvalue weighted by Gasteiger charge is -2.28. The minimum atomic E-state index is -1.37. The normalized spacial score (nSPS) is 15.3. The standard InChI is InChI=1S/C18H16BN5O5/c25-16(10-24-9-14(22-23-24)13-6-1-2-7-20-13)21-15-8-11-4-3-5-12(18(26)27)17(11)29-19(15)28/h1-7,9,15,28H,8,10H2,(H,21,25)(H,26,27)/t15-/m0/s1. The average molecular weight is 393 g/mol. The molecule has 2 aromatic heterocycles. The zero-order valence-electron chi connectivity index (χ0n) is 15.1. The van der Waals surface area contributed by atoms with E-state index in [1.165, 1.54) is 10.7 Å². The van der Waals surface area contributed by atoms with Crippen LogP contribution in [0.3, 0.4) is 0 Å². The fourth-order valence-electron chi connectivity index (χ4n) is 3.12. The lowest BCUT2D eigenvalue weighted by atomic mass is 9.72. The zero-order valence-corrected chi connectivity index (χ0v) is 15.1. The minimum absolute atomic E-state index is 0.0315. The summed E-state index contributed by atoms with van der Waals surface area (Å²) < 4.78 is 6.73. The van der Waals surface area contributed by atoms with Crippen LogP contribution in [0.4, 0.5) is 0 Å². The molecule has 0 spiro atoms. The van der Waals surface area contributed by atoms with E-state index in [1.807, 2.05) is 6.07 Å². The van der Waals surface area contributed by atoms with Crippen molar-refractivity contribution >= 4 is 19.0 Å². The van der Waals surface area contributed by atoms with Crippen molar-refractivity contribution in [1.82, 2.24) is 25.3 Å². The summed E-state index contributed by atoms with van der Waals surface area (Å²) in [5, 5.41) is 30.1. The fourth-order valence-corrected chi connectivity index (χ4v) is 3.12. The fraction of sp³-hybridized carbons (Fsp3) is 0.167. The maximum atomic E-state index is 12.4. The summed E-state index contributed by atoms with van der Waals surface area (Å²) in [5.41, 5.74) is 1.74. The quantitative estimate of drug-likeness (QED) is 0.522. The van der Waals surface area contributed by atoms with Gasteiger partial charge in [0, 0.05) is 6.20 Å². The summed E-state index contributed by atoms with van der Waals surface area (Å²) in [6, 6.07) is 10.1. The number of carboxylic acid groups (broad SMARTS) is 1. The van der Waals surface area contributed by atoms with Crippen molar-refractivity contribution in [2.24, 2.45) is 0 Å². The molecule has 0 aliphatic carbocycles. The Bertz CT molecular complexity index is 1060. The Kier molecular flexibility index (Phi) is 4.96. The number of carbonyl (C=O) groups is 2. The van der Waals surface area contributed by atoms with Gasteiger partial charge in [0.1, 0.15) is 18.0 Å². The van der Waals surface area contributed by atoms with Crippen LogP contribution in [0.1, 0.15) is 15.9 Å². The zero-order chi connectivity index (χ0) is 20.4. The number of fused-ring (bicyclic) bond motifs is 1. The monoisotopic (exact) mass is 393 g/mol. The second-order valence-corrected chi connectivity index (χ2v) is 6.50. The number of aromatic carboxylic acids is 1. The molecule has 3 heterocycles. The van der Waals surface area contributed by atoms with Crippen LogP contribution in [0, 0.1) is 0 Å². The lowest BCUT2D eigenvalue weighted by molar-refractivity contribution is -0.122. The molecule has 1 aliphatic rings. The molecular weight excluding hydrogens is 377 g/mol. The third-order valence-corrected chi connectivity index (χ3v) is 4.47. The predicted octanol–water partition coefficient (Wildman–Crippen LogP) is 0.178. The highest BCUT2D eigenvalue weighted by Gasteiger charge is 2.37. The molecule has 10 nitrogen and oxygen atoms in total. The molecule has 0 bridgehead atoms. The van der Waals surface area contributed by atoms with E-state index in [-0.39, 0.29) is 24.3 Å². The van der Waals surface area contributed by atoms with Crippen molar-refractivity contribution in [3.05, 3.63) is 59.9 Å². The number of aromatic nitrogens is 4. The molecule has 0 unspecified atom stereocenters. The van der Waals surface area contributed by atoms with Crippen LogP contribution in [0.25, 0.3) is 11.4 Å². The van der Waals surface area contributed by atoms with Gasteiger partial charge in [0.05, 0.1) is 23.4 Å². The van der Waals surface area contributed by atoms with E-state index < -0.39 is 24.9 Å². The van der Waals surface area contributed by atoms with E-state index in [1.54, 1.807) is 36.7 Å². The Balaban J connectivity index is 1.42. The van der Waals surface area contributed by atoms with Crippen LogP contribution in [-0.2, 0) is 17.8 Å². The molecule has 3 aromatic rings. The van der Waals surface area contributed by atoms with E-state index >= 15 is 0 Å². The van der Waals surface area contributed by atoms with Crippen molar-refractivity contribution in [1.29, 1.82) is 0 Å². The highest BCUT2D eigenvalue weighted by molar-refractivity contribution is 6.47. The number of hydrogen-bond acceptors (Lipinski definition) is 7. The van der Waals surface area contributed by atoms with E-state index in [4.69, 9.17) is 4.65 Å². The van der Waals surface area contributed by atoms with Gasteiger partial charge in [-0.3, -0.25) is 9.78 Å². The van der Waals surface area contributed by atoms with E-state index in [2.05, 4.69) is 20.6 Å². The van der Waals surface area contributed by atoms with E-state index in [9.17, 15) is 19.7 Å². The lowest BCUT2D eigenvalue weighted by Crippen LogP contribution is -2.53. The van der Waals surface area contributed by atoms with Crippen molar-refractivity contribution in [3.63, 3.8) is 0 Å². The second kappa shape index (κ2) is 7.72. The first-order valence-electron chi connectivity index (χ1n) is 8.82. The Morgan fingerprint density at radius 1 is 1.24 bits per heavy atom. The topological polar surface area (TPSA) is 139 Å². The number of hydrogen-bond donors (Lipinski definition) is 3. The van der Waals surface area contributed by atoms with Gasteiger partial charge in [0.15, 0.2) is 0 Å². The summed E-state index contributed by atoms with van der Waals surface area (Å²) in [5.74, 6) is -2.15. The summed E-state index contributed by atoms with van der Waals surface area (Å²) >= 11 is 0. The molecule has 0 fully saturated rings. The maximum absolute atomic E-state index is 12.4. The first kappa shape index (κ1) is 18.6. The van der Waals surface area contributed by atoms with Crippen LogP contribution in [0.15, 0.2) is 48.8 Å². The summed E-state index contributed by atoms with van der Waals surface area (Å²) in [6.45, 7) is -0.106. The number of benzene rings is 1. The molecule has 1 amide bonds. The van der Waals surface area contributed by atoms with Gasteiger partial charge in [-0.15, -0.1) is 5.10 Å². The number of pyridine rings is 1. The molecule has 0 saturated carbocycles. The van der Waals surface area contributed by atoms with Gasteiger partial charge < -0.3 is 20.1 Å². The molecule has 1 aliphatic heterocycles.